The van der Waals surface area contributed by atoms with Crippen LogP contribution in [0.15, 0.2) is 30.6 Å². The van der Waals surface area contributed by atoms with E-state index in [9.17, 15) is 0 Å². The third-order valence-corrected chi connectivity index (χ3v) is 2.00. The molecule has 0 spiro atoms. The van der Waals surface area contributed by atoms with E-state index in [4.69, 9.17) is 10.5 Å². The van der Waals surface area contributed by atoms with E-state index in [1.807, 2.05) is 13.0 Å². The van der Waals surface area contributed by atoms with E-state index in [2.05, 4.69) is 11.6 Å². The Bertz CT molecular complexity index is 323. The highest BCUT2D eigenvalue weighted by molar-refractivity contribution is 5.33. The summed E-state index contributed by atoms with van der Waals surface area (Å²) in [5.74, 6) is 0.737. The van der Waals surface area contributed by atoms with Gasteiger partial charge in [0.2, 0.25) is 0 Å². The van der Waals surface area contributed by atoms with Crippen molar-refractivity contribution in [2.45, 2.75) is 19.4 Å². The van der Waals surface area contributed by atoms with Gasteiger partial charge in [-0.15, -0.1) is 6.58 Å². The number of rotatable bonds is 4. The van der Waals surface area contributed by atoms with Gasteiger partial charge in [0.25, 0.3) is 0 Å². The van der Waals surface area contributed by atoms with Crippen molar-refractivity contribution in [1.82, 2.24) is 4.98 Å². The van der Waals surface area contributed by atoms with Crippen LogP contribution in [0.2, 0.25) is 0 Å². The highest BCUT2D eigenvalue weighted by Crippen LogP contribution is 2.25. The van der Waals surface area contributed by atoms with Crippen LogP contribution in [0.3, 0.4) is 0 Å². The Balaban J connectivity index is 2.87. The third kappa shape index (κ3) is 2.57. The van der Waals surface area contributed by atoms with Crippen molar-refractivity contribution < 1.29 is 4.74 Å². The van der Waals surface area contributed by atoms with Gasteiger partial charge < -0.3 is 10.5 Å². The van der Waals surface area contributed by atoms with Gasteiger partial charge in [-0.2, -0.15) is 0 Å². The second-order valence-electron chi connectivity index (χ2n) is 3.39. The summed E-state index contributed by atoms with van der Waals surface area (Å²) in [7, 11) is 1.62. The Morgan fingerprint density at radius 3 is 3.00 bits per heavy atom. The van der Waals surface area contributed by atoms with Gasteiger partial charge in [0.15, 0.2) is 0 Å². The summed E-state index contributed by atoms with van der Waals surface area (Å²) in [5.41, 5.74) is 8.05. The van der Waals surface area contributed by atoms with Gasteiger partial charge in [0.05, 0.1) is 13.3 Å². The number of hydrogen-bond acceptors (Lipinski definition) is 3. The minimum absolute atomic E-state index is 0.0644. The van der Waals surface area contributed by atoms with Crippen molar-refractivity contribution in [3.63, 3.8) is 0 Å². The van der Waals surface area contributed by atoms with Crippen LogP contribution in [-0.4, -0.2) is 12.1 Å². The summed E-state index contributed by atoms with van der Waals surface area (Å²) in [4.78, 5) is 3.97. The zero-order valence-corrected chi connectivity index (χ0v) is 8.66. The fourth-order valence-electron chi connectivity index (χ4n) is 1.35. The highest BCUT2D eigenvalue weighted by Gasteiger charge is 2.11. The number of methoxy groups -OCH3 is 1. The first-order chi connectivity index (χ1) is 6.65. The average molecular weight is 192 g/mol. The zero-order valence-electron chi connectivity index (χ0n) is 8.66. The number of nitrogens with two attached hydrogens (primary N) is 1. The van der Waals surface area contributed by atoms with Gasteiger partial charge >= 0.3 is 0 Å². The minimum Gasteiger partial charge on any atom is -0.495 e. The number of hydrogen-bond donors (Lipinski definition) is 1. The maximum atomic E-state index is 6.00. The maximum Gasteiger partial charge on any atom is 0.141 e. The monoisotopic (exact) mass is 192 g/mol. The predicted octanol–water partition coefficient (Wildman–Crippen LogP) is 2.06. The molecule has 1 atom stereocenters. The van der Waals surface area contributed by atoms with Crippen LogP contribution in [0.5, 0.6) is 5.75 Å². The molecule has 0 radical (unpaired) electrons. The highest BCUT2D eigenvalue weighted by atomic mass is 16.5. The van der Waals surface area contributed by atoms with Crippen molar-refractivity contribution in [2.24, 2.45) is 5.73 Å². The molecule has 1 heterocycles. The Morgan fingerprint density at radius 1 is 1.71 bits per heavy atom. The lowest BCUT2D eigenvalue weighted by Gasteiger charge is -2.14. The summed E-state index contributed by atoms with van der Waals surface area (Å²) in [6, 6.07) is 1.82. The first-order valence-corrected chi connectivity index (χ1v) is 4.53. The summed E-state index contributed by atoms with van der Waals surface area (Å²) in [5, 5.41) is 0. The van der Waals surface area contributed by atoms with E-state index in [-0.39, 0.29) is 6.04 Å². The molecule has 0 fully saturated rings. The molecule has 0 aromatic carbocycles. The van der Waals surface area contributed by atoms with Gasteiger partial charge in [-0.05, 0) is 19.4 Å². The SMILES string of the molecule is C=C(C)CC(N)c1ccncc1OC. The molecule has 14 heavy (non-hydrogen) atoms. The van der Waals surface area contributed by atoms with Crippen LogP contribution in [0, 0.1) is 0 Å². The molecule has 1 unspecified atom stereocenters. The quantitative estimate of drug-likeness (QED) is 0.743. The Hall–Kier alpha value is -1.35. The van der Waals surface area contributed by atoms with Crippen molar-refractivity contribution in [3.8, 4) is 5.75 Å². The molecule has 0 amide bonds. The second kappa shape index (κ2) is 4.77. The molecule has 0 aliphatic carbocycles. The largest absolute Gasteiger partial charge is 0.495 e. The van der Waals surface area contributed by atoms with Crippen molar-refractivity contribution in [1.29, 1.82) is 0 Å². The van der Waals surface area contributed by atoms with E-state index in [1.54, 1.807) is 19.5 Å². The molecule has 0 saturated heterocycles. The fourth-order valence-corrected chi connectivity index (χ4v) is 1.35. The second-order valence-corrected chi connectivity index (χ2v) is 3.39. The van der Waals surface area contributed by atoms with Crippen molar-refractivity contribution >= 4 is 0 Å². The van der Waals surface area contributed by atoms with Gasteiger partial charge in [-0.1, -0.05) is 5.57 Å². The number of ether oxygens (including phenoxy) is 1. The van der Waals surface area contributed by atoms with E-state index < -0.39 is 0 Å². The molecule has 0 bridgehead atoms. The molecule has 3 nitrogen and oxygen atoms in total. The van der Waals surface area contributed by atoms with Gasteiger partial charge in [0.1, 0.15) is 5.75 Å². The summed E-state index contributed by atoms with van der Waals surface area (Å²) < 4.78 is 5.18. The van der Waals surface area contributed by atoms with Crippen molar-refractivity contribution in [3.05, 3.63) is 36.2 Å². The van der Waals surface area contributed by atoms with Gasteiger partial charge in [0, 0.05) is 17.8 Å². The lowest BCUT2D eigenvalue weighted by Crippen LogP contribution is -2.11. The molecule has 1 aromatic rings. The lowest BCUT2D eigenvalue weighted by molar-refractivity contribution is 0.403. The van der Waals surface area contributed by atoms with E-state index in [0.29, 0.717) is 0 Å². The summed E-state index contributed by atoms with van der Waals surface area (Å²) in [6.45, 7) is 5.81. The van der Waals surface area contributed by atoms with Crippen LogP contribution < -0.4 is 10.5 Å². The average Bonchev–Trinajstić information content (AvgIpc) is 2.16. The van der Waals surface area contributed by atoms with Crippen LogP contribution in [0.4, 0.5) is 0 Å². The molecule has 0 aliphatic heterocycles. The molecule has 0 saturated carbocycles. The summed E-state index contributed by atoms with van der Waals surface area (Å²) in [6.07, 6.45) is 4.16. The standard InChI is InChI=1S/C11H16N2O/c1-8(2)6-10(12)9-4-5-13-7-11(9)14-3/h4-5,7,10H,1,6,12H2,2-3H3. The molecule has 3 heteroatoms. The van der Waals surface area contributed by atoms with Gasteiger partial charge in [-0.25, -0.2) is 0 Å². The zero-order chi connectivity index (χ0) is 10.6. The smallest absolute Gasteiger partial charge is 0.141 e. The predicted molar refractivity (Wildman–Crippen MR) is 57.1 cm³/mol. The van der Waals surface area contributed by atoms with Crippen LogP contribution in [0.25, 0.3) is 0 Å². The van der Waals surface area contributed by atoms with Crippen LogP contribution >= 0.6 is 0 Å². The maximum absolute atomic E-state index is 6.00. The van der Waals surface area contributed by atoms with E-state index in [1.165, 1.54) is 0 Å². The molecule has 1 aromatic heterocycles. The van der Waals surface area contributed by atoms with Crippen LogP contribution in [-0.2, 0) is 0 Å². The molecule has 0 aliphatic rings. The number of aromatic nitrogens is 1. The first kappa shape index (κ1) is 10.7. The number of pyridine rings is 1. The normalized spacial score (nSPS) is 12.2. The lowest BCUT2D eigenvalue weighted by atomic mass is 10.0. The Morgan fingerprint density at radius 2 is 2.43 bits per heavy atom. The molecule has 2 N–H and O–H groups in total. The van der Waals surface area contributed by atoms with Crippen molar-refractivity contribution in [2.75, 3.05) is 7.11 Å². The molecular weight excluding hydrogens is 176 g/mol. The van der Waals surface area contributed by atoms with Crippen LogP contribution in [0.1, 0.15) is 24.9 Å². The third-order valence-electron chi connectivity index (χ3n) is 2.00. The topological polar surface area (TPSA) is 48.1 Å². The fraction of sp³-hybridized carbons (Fsp3) is 0.364. The first-order valence-electron chi connectivity index (χ1n) is 4.53. The molecular formula is C11H16N2O. The van der Waals surface area contributed by atoms with E-state index in [0.717, 1.165) is 23.3 Å². The molecule has 1 rings (SSSR count). The van der Waals surface area contributed by atoms with Gasteiger partial charge in [-0.3, -0.25) is 4.98 Å². The number of nitrogens with zero attached hydrogens (tertiary/aromatic N) is 1. The Kier molecular flexibility index (Phi) is 3.65. The minimum atomic E-state index is -0.0644. The summed E-state index contributed by atoms with van der Waals surface area (Å²) >= 11 is 0. The Labute approximate surface area is 84.6 Å². The van der Waals surface area contributed by atoms with E-state index >= 15 is 0 Å². The molecule has 76 valence electrons.